The van der Waals surface area contributed by atoms with Crippen LogP contribution in [-0.2, 0) is 16.0 Å². The fourth-order valence-electron chi connectivity index (χ4n) is 2.64. The van der Waals surface area contributed by atoms with Gasteiger partial charge in [-0.25, -0.2) is 0 Å². The van der Waals surface area contributed by atoms with Crippen LogP contribution in [0.25, 0.3) is 0 Å². The minimum absolute atomic E-state index is 0.123. The zero-order chi connectivity index (χ0) is 16.9. The molecule has 0 aliphatic carbocycles. The van der Waals surface area contributed by atoms with Crippen molar-refractivity contribution in [2.45, 2.75) is 13.3 Å². The van der Waals surface area contributed by atoms with E-state index in [1.807, 2.05) is 27.3 Å². The maximum absolute atomic E-state index is 12.3. The lowest BCUT2D eigenvalue weighted by atomic mass is 10.2. The molecule has 0 aromatic carbocycles. The maximum atomic E-state index is 12.3. The van der Waals surface area contributed by atoms with E-state index in [9.17, 15) is 9.59 Å². The van der Waals surface area contributed by atoms with Crippen LogP contribution in [0.2, 0.25) is 0 Å². The summed E-state index contributed by atoms with van der Waals surface area (Å²) in [5, 5.41) is 8.43. The first-order chi connectivity index (χ1) is 11.6. The topological polar surface area (TPSA) is 78.7 Å². The van der Waals surface area contributed by atoms with E-state index < -0.39 is 0 Å². The third-order valence-corrected chi connectivity index (χ3v) is 4.77. The van der Waals surface area contributed by atoms with Gasteiger partial charge in [0.05, 0.1) is 13.0 Å². The average molecular weight is 348 g/mol. The van der Waals surface area contributed by atoms with E-state index in [0.29, 0.717) is 50.7 Å². The molecule has 24 heavy (non-hydrogen) atoms. The first kappa shape index (κ1) is 16.7. The van der Waals surface area contributed by atoms with Gasteiger partial charge in [-0.05, 0) is 18.4 Å². The van der Waals surface area contributed by atoms with Crippen LogP contribution < -0.4 is 5.32 Å². The standard InChI is InChI=1S/C16H20N4O3S/c1-12-9-14(18-23-12)17-15(21)11-19-4-6-20(7-5-19)16(22)10-13-3-2-8-24-13/h2-3,8-9H,4-7,10-11H2,1H3,(H,17,18,21). The Morgan fingerprint density at radius 1 is 1.33 bits per heavy atom. The molecule has 0 radical (unpaired) electrons. The number of thiophene rings is 1. The molecule has 1 aliphatic rings. The summed E-state index contributed by atoms with van der Waals surface area (Å²) in [4.78, 5) is 29.3. The van der Waals surface area contributed by atoms with Crippen molar-refractivity contribution in [3.8, 4) is 0 Å². The van der Waals surface area contributed by atoms with Crippen LogP contribution >= 0.6 is 11.3 Å². The van der Waals surface area contributed by atoms with Gasteiger partial charge in [-0.2, -0.15) is 0 Å². The largest absolute Gasteiger partial charge is 0.360 e. The summed E-state index contributed by atoms with van der Waals surface area (Å²) in [5.41, 5.74) is 0. The molecule has 3 heterocycles. The molecular weight excluding hydrogens is 328 g/mol. The van der Waals surface area contributed by atoms with Crippen LogP contribution in [-0.4, -0.2) is 59.5 Å². The van der Waals surface area contributed by atoms with E-state index in [1.165, 1.54) is 0 Å². The summed E-state index contributed by atoms with van der Waals surface area (Å²) in [6.45, 7) is 4.76. The molecule has 1 saturated heterocycles. The number of nitrogens with zero attached hydrogens (tertiary/aromatic N) is 3. The van der Waals surface area contributed by atoms with E-state index in [2.05, 4.69) is 10.5 Å². The van der Waals surface area contributed by atoms with Gasteiger partial charge >= 0.3 is 0 Å². The fourth-order valence-corrected chi connectivity index (χ4v) is 3.34. The van der Waals surface area contributed by atoms with Gasteiger partial charge in [0.25, 0.3) is 0 Å². The van der Waals surface area contributed by atoms with Gasteiger partial charge in [-0.3, -0.25) is 14.5 Å². The van der Waals surface area contributed by atoms with E-state index in [-0.39, 0.29) is 11.8 Å². The number of piperazine rings is 1. The molecule has 1 fully saturated rings. The highest BCUT2D eigenvalue weighted by molar-refractivity contribution is 7.10. The van der Waals surface area contributed by atoms with E-state index in [1.54, 1.807) is 24.3 Å². The molecular formula is C16H20N4O3S. The Morgan fingerprint density at radius 3 is 2.75 bits per heavy atom. The molecule has 0 saturated carbocycles. The summed E-state index contributed by atoms with van der Waals surface area (Å²) in [7, 11) is 0. The Balaban J connectivity index is 1.41. The van der Waals surface area contributed by atoms with Gasteiger partial charge in [-0.15, -0.1) is 11.3 Å². The zero-order valence-corrected chi connectivity index (χ0v) is 14.3. The zero-order valence-electron chi connectivity index (χ0n) is 13.5. The van der Waals surface area contributed by atoms with Gasteiger partial charge in [-0.1, -0.05) is 11.2 Å². The molecule has 0 unspecified atom stereocenters. The average Bonchev–Trinajstić information content (AvgIpc) is 3.20. The van der Waals surface area contributed by atoms with Crippen molar-refractivity contribution in [1.82, 2.24) is 15.0 Å². The van der Waals surface area contributed by atoms with E-state index in [4.69, 9.17) is 4.52 Å². The second-order valence-corrected chi connectivity index (χ2v) is 6.82. The number of hydrogen-bond donors (Lipinski definition) is 1. The molecule has 0 bridgehead atoms. The molecule has 3 rings (SSSR count). The van der Waals surface area contributed by atoms with E-state index >= 15 is 0 Å². The summed E-state index contributed by atoms with van der Waals surface area (Å²) >= 11 is 1.60. The van der Waals surface area contributed by atoms with Crippen molar-refractivity contribution in [2.75, 3.05) is 38.0 Å². The Hall–Kier alpha value is -2.19. The molecule has 1 N–H and O–H groups in total. The Bertz CT molecular complexity index is 690. The number of amides is 2. The second-order valence-electron chi connectivity index (χ2n) is 5.78. The summed E-state index contributed by atoms with van der Waals surface area (Å²) in [5.74, 6) is 1.12. The Morgan fingerprint density at radius 2 is 2.12 bits per heavy atom. The smallest absolute Gasteiger partial charge is 0.239 e. The first-order valence-corrected chi connectivity index (χ1v) is 8.74. The van der Waals surface area contributed by atoms with Crippen LogP contribution in [0.1, 0.15) is 10.6 Å². The van der Waals surface area contributed by atoms with Crippen molar-refractivity contribution < 1.29 is 14.1 Å². The molecule has 2 aromatic rings. The van der Waals surface area contributed by atoms with E-state index in [0.717, 1.165) is 4.88 Å². The summed E-state index contributed by atoms with van der Waals surface area (Å²) in [6, 6.07) is 5.62. The van der Waals surface area contributed by atoms with Crippen LogP contribution in [0.4, 0.5) is 5.82 Å². The normalized spacial score (nSPS) is 15.5. The highest BCUT2D eigenvalue weighted by Crippen LogP contribution is 2.12. The van der Waals surface area contributed by atoms with Crippen molar-refractivity contribution >= 4 is 29.0 Å². The number of carbonyl (C=O) groups is 2. The van der Waals surface area contributed by atoms with Crippen LogP contribution in [0, 0.1) is 6.92 Å². The first-order valence-electron chi connectivity index (χ1n) is 7.86. The van der Waals surface area contributed by atoms with Crippen LogP contribution in [0.5, 0.6) is 0 Å². The summed E-state index contributed by atoms with van der Waals surface area (Å²) < 4.78 is 4.92. The summed E-state index contributed by atoms with van der Waals surface area (Å²) in [6.07, 6.45) is 0.462. The lowest BCUT2D eigenvalue weighted by Crippen LogP contribution is -2.50. The third-order valence-electron chi connectivity index (χ3n) is 3.89. The number of hydrogen-bond acceptors (Lipinski definition) is 6. The highest BCUT2D eigenvalue weighted by Gasteiger charge is 2.22. The minimum atomic E-state index is -0.123. The molecule has 128 valence electrons. The Kier molecular flexibility index (Phi) is 5.27. The number of rotatable bonds is 5. The van der Waals surface area contributed by atoms with Crippen molar-refractivity contribution in [1.29, 1.82) is 0 Å². The number of nitrogens with one attached hydrogen (secondary N) is 1. The predicted molar refractivity (Wildman–Crippen MR) is 90.9 cm³/mol. The lowest BCUT2D eigenvalue weighted by molar-refractivity contribution is -0.132. The molecule has 0 atom stereocenters. The molecule has 2 amide bonds. The van der Waals surface area contributed by atoms with Gasteiger partial charge < -0.3 is 14.7 Å². The monoisotopic (exact) mass is 348 g/mol. The second kappa shape index (κ2) is 7.59. The number of aryl methyl sites for hydroxylation is 1. The molecule has 7 nitrogen and oxygen atoms in total. The molecule has 1 aliphatic heterocycles. The van der Waals surface area contributed by atoms with Crippen molar-refractivity contribution in [3.63, 3.8) is 0 Å². The SMILES string of the molecule is Cc1cc(NC(=O)CN2CCN(C(=O)Cc3cccs3)CC2)no1. The maximum Gasteiger partial charge on any atom is 0.239 e. The van der Waals surface area contributed by atoms with Crippen molar-refractivity contribution in [3.05, 3.63) is 34.2 Å². The lowest BCUT2D eigenvalue weighted by Gasteiger charge is -2.34. The third kappa shape index (κ3) is 4.42. The molecule has 8 heteroatoms. The van der Waals surface area contributed by atoms with Gasteiger partial charge in [0, 0.05) is 37.1 Å². The predicted octanol–water partition coefficient (Wildman–Crippen LogP) is 1.37. The number of anilines is 1. The minimum Gasteiger partial charge on any atom is -0.360 e. The molecule has 0 spiro atoms. The quantitative estimate of drug-likeness (QED) is 0.883. The van der Waals surface area contributed by atoms with Gasteiger partial charge in [0.2, 0.25) is 11.8 Å². The fraction of sp³-hybridized carbons (Fsp3) is 0.438. The van der Waals surface area contributed by atoms with Crippen LogP contribution in [0.3, 0.4) is 0 Å². The number of carbonyl (C=O) groups excluding carboxylic acids is 2. The van der Waals surface area contributed by atoms with Gasteiger partial charge in [0.15, 0.2) is 5.82 Å². The van der Waals surface area contributed by atoms with Gasteiger partial charge in [0.1, 0.15) is 5.76 Å². The van der Waals surface area contributed by atoms with Crippen LogP contribution in [0.15, 0.2) is 28.1 Å². The van der Waals surface area contributed by atoms with Crippen molar-refractivity contribution in [2.24, 2.45) is 0 Å². The number of aromatic nitrogens is 1. The Labute approximate surface area is 144 Å². The molecule has 2 aromatic heterocycles. The highest BCUT2D eigenvalue weighted by atomic mass is 32.1.